The van der Waals surface area contributed by atoms with Gasteiger partial charge in [-0.2, -0.15) is 5.26 Å². The summed E-state index contributed by atoms with van der Waals surface area (Å²) in [4.78, 5) is 2.41. The van der Waals surface area contributed by atoms with Crippen molar-refractivity contribution in [3.8, 4) is 23.3 Å². The van der Waals surface area contributed by atoms with Crippen LogP contribution in [0.3, 0.4) is 0 Å². The highest BCUT2D eigenvalue weighted by Crippen LogP contribution is 2.45. The van der Waals surface area contributed by atoms with E-state index in [9.17, 15) is 5.26 Å². The highest BCUT2D eigenvalue weighted by Gasteiger charge is 2.37. The van der Waals surface area contributed by atoms with Crippen LogP contribution in [0, 0.1) is 17.2 Å². The van der Waals surface area contributed by atoms with Crippen molar-refractivity contribution in [2.24, 2.45) is 5.92 Å². The van der Waals surface area contributed by atoms with Crippen molar-refractivity contribution in [3.63, 3.8) is 0 Å². The molecule has 0 aliphatic heterocycles. The van der Waals surface area contributed by atoms with E-state index in [4.69, 9.17) is 14.2 Å². The van der Waals surface area contributed by atoms with Gasteiger partial charge in [-0.25, -0.2) is 0 Å². The first-order valence-electron chi connectivity index (χ1n) is 12.3. The van der Waals surface area contributed by atoms with Crippen LogP contribution in [0.5, 0.6) is 17.2 Å². The number of unbranched alkanes of at least 4 members (excludes halogenated alkanes) is 6. The second kappa shape index (κ2) is 16.9. The first-order chi connectivity index (χ1) is 15.4. The van der Waals surface area contributed by atoms with Gasteiger partial charge in [0, 0.05) is 0 Å². The highest BCUT2D eigenvalue weighted by molar-refractivity contribution is 5.85. The summed E-state index contributed by atoms with van der Waals surface area (Å²) in [5, 5.41) is 10.3. The van der Waals surface area contributed by atoms with Crippen molar-refractivity contribution in [2.45, 2.75) is 84.0 Å². The molecule has 0 saturated heterocycles. The van der Waals surface area contributed by atoms with Gasteiger partial charge in [0.15, 0.2) is 11.5 Å². The van der Waals surface area contributed by atoms with Crippen LogP contribution in [0.4, 0.5) is 0 Å². The van der Waals surface area contributed by atoms with Gasteiger partial charge in [0.05, 0.1) is 32.8 Å². The number of methoxy groups -OCH3 is 3. The van der Waals surface area contributed by atoms with Crippen LogP contribution in [-0.2, 0) is 5.41 Å². The second-order valence-corrected chi connectivity index (χ2v) is 9.18. The molecule has 5 nitrogen and oxygen atoms in total. The fraction of sp³-hybridized carbons (Fsp3) is 0.741. The average molecular weight is 483 g/mol. The number of rotatable bonds is 17. The third kappa shape index (κ3) is 9.26. The number of hydrogen-bond acceptors (Lipinski definition) is 5. The van der Waals surface area contributed by atoms with Crippen LogP contribution in [0.25, 0.3) is 0 Å². The fourth-order valence-electron chi connectivity index (χ4n) is 4.43. The Morgan fingerprint density at radius 1 is 0.879 bits per heavy atom. The molecular formula is C27H47ClN2O3. The summed E-state index contributed by atoms with van der Waals surface area (Å²) in [5.74, 6) is 1.91. The molecule has 1 aromatic carbocycles. The van der Waals surface area contributed by atoms with Gasteiger partial charge in [0.2, 0.25) is 5.75 Å². The number of ether oxygens (including phenoxy) is 3. The van der Waals surface area contributed by atoms with Gasteiger partial charge in [-0.05, 0) is 63.0 Å². The normalized spacial score (nSPS) is 12.7. The van der Waals surface area contributed by atoms with Crippen LogP contribution in [-0.4, -0.2) is 46.4 Å². The molecule has 0 N–H and O–H groups in total. The summed E-state index contributed by atoms with van der Waals surface area (Å²) in [6, 6.07) is 6.53. The largest absolute Gasteiger partial charge is 0.493 e. The van der Waals surface area contributed by atoms with Crippen molar-refractivity contribution < 1.29 is 14.2 Å². The Morgan fingerprint density at radius 2 is 1.39 bits per heavy atom. The first-order valence-corrected chi connectivity index (χ1v) is 12.3. The van der Waals surface area contributed by atoms with Gasteiger partial charge in [0.25, 0.3) is 0 Å². The van der Waals surface area contributed by atoms with Crippen molar-refractivity contribution in [2.75, 3.05) is 41.5 Å². The molecule has 0 spiro atoms. The van der Waals surface area contributed by atoms with Gasteiger partial charge in [-0.3, -0.25) is 0 Å². The molecule has 0 saturated carbocycles. The molecule has 0 aliphatic rings. The summed E-state index contributed by atoms with van der Waals surface area (Å²) in [6.07, 6.45) is 11.1. The Hall–Kier alpha value is -1.64. The summed E-state index contributed by atoms with van der Waals surface area (Å²) in [6.45, 7) is 8.62. The topological polar surface area (TPSA) is 54.7 Å². The molecule has 1 unspecified atom stereocenters. The van der Waals surface area contributed by atoms with Crippen molar-refractivity contribution in [1.82, 2.24) is 4.90 Å². The lowest BCUT2D eigenvalue weighted by molar-refractivity contribution is 0.284. The summed E-state index contributed by atoms with van der Waals surface area (Å²) >= 11 is 0. The average Bonchev–Trinajstić information content (AvgIpc) is 2.80. The Kier molecular flexibility index (Phi) is 16.1. The zero-order valence-corrected chi connectivity index (χ0v) is 22.9. The van der Waals surface area contributed by atoms with E-state index in [1.165, 1.54) is 44.9 Å². The number of halogens is 1. The van der Waals surface area contributed by atoms with Gasteiger partial charge < -0.3 is 19.1 Å². The molecule has 33 heavy (non-hydrogen) atoms. The number of hydrogen-bond donors (Lipinski definition) is 0. The minimum absolute atomic E-state index is 0. The molecule has 0 fully saturated rings. The van der Waals surface area contributed by atoms with Crippen molar-refractivity contribution in [1.29, 1.82) is 5.26 Å². The Balaban J connectivity index is 0.0000102. The van der Waals surface area contributed by atoms with Crippen LogP contribution in [0.1, 0.15) is 84.1 Å². The maximum Gasteiger partial charge on any atom is 0.203 e. The molecule has 6 heteroatoms. The van der Waals surface area contributed by atoms with E-state index in [1.807, 2.05) is 12.1 Å². The van der Waals surface area contributed by atoms with E-state index in [0.29, 0.717) is 17.2 Å². The van der Waals surface area contributed by atoms with E-state index >= 15 is 0 Å². The van der Waals surface area contributed by atoms with Crippen LogP contribution < -0.4 is 14.2 Å². The smallest absolute Gasteiger partial charge is 0.203 e. The van der Waals surface area contributed by atoms with Crippen LogP contribution in [0.2, 0.25) is 0 Å². The Morgan fingerprint density at radius 3 is 1.85 bits per heavy atom. The van der Waals surface area contributed by atoms with Gasteiger partial charge in [-0.15, -0.1) is 12.4 Å². The second-order valence-electron chi connectivity index (χ2n) is 9.18. The molecule has 0 aromatic heterocycles. The van der Waals surface area contributed by atoms with Crippen molar-refractivity contribution in [3.05, 3.63) is 17.7 Å². The molecule has 0 heterocycles. The number of nitriles is 1. The molecule has 0 bridgehead atoms. The monoisotopic (exact) mass is 482 g/mol. The van der Waals surface area contributed by atoms with Crippen LogP contribution in [0.15, 0.2) is 12.1 Å². The third-order valence-electron chi connectivity index (χ3n) is 6.62. The molecule has 1 rings (SSSR count). The zero-order valence-electron chi connectivity index (χ0n) is 22.0. The van der Waals surface area contributed by atoms with Gasteiger partial charge in [0.1, 0.15) is 0 Å². The zero-order chi connectivity index (χ0) is 24.0. The van der Waals surface area contributed by atoms with Gasteiger partial charge in [-0.1, -0.05) is 59.3 Å². The lowest BCUT2D eigenvalue weighted by Crippen LogP contribution is -2.32. The molecule has 0 amide bonds. The molecule has 1 aromatic rings. The number of benzene rings is 1. The lowest BCUT2D eigenvalue weighted by Gasteiger charge is -2.33. The highest BCUT2D eigenvalue weighted by atomic mass is 35.5. The predicted octanol–water partition coefficient (Wildman–Crippen LogP) is 7.01. The van der Waals surface area contributed by atoms with Crippen LogP contribution >= 0.6 is 12.4 Å². The minimum Gasteiger partial charge on any atom is -0.493 e. The third-order valence-corrected chi connectivity index (χ3v) is 6.62. The molecule has 190 valence electrons. The van der Waals surface area contributed by atoms with E-state index < -0.39 is 5.41 Å². The van der Waals surface area contributed by atoms with E-state index in [2.05, 4.69) is 38.8 Å². The lowest BCUT2D eigenvalue weighted by atomic mass is 9.69. The maximum atomic E-state index is 10.3. The quantitative estimate of drug-likeness (QED) is 0.223. The Bertz CT molecular complexity index is 680. The maximum absolute atomic E-state index is 10.3. The van der Waals surface area contributed by atoms with Gasteiger partial charge >= 0.3 is 0 Å². The standard InChI is InChI=1S/C27H46N2O3.ClH/c1-8-9-10-11-12-13-14-17-29(4)18-15-16-27(21-28,22(2)3)23-19-24(30-5)26(32-7)25(20-23)31-6;/h19-20,22H,8-18H2,1-7H3;1H. The van der Waals surface area contributed by atoms with Crippen molar-refractivity contribution >= 4 is 12.4 Å². The summed E-state index contributed by atoms with van der Waals surface area (Å²) in [5.41, 5.74) is 0.326. The minimum atomic E-state index is -0.604. The van der Waals surface area contributed by atoms with E-state index in [0.717, 1.165) is 31.5 Å². The molecular weight excluding hydrogens is 436 g/mol. The summed E-state index contributed by atoms with van der Waals surface area (Å²) < 4.78 is 16.6. The predicted molar refractivity (Wildman–Crippen MR) is 140 cm³/mol. The molecule has 0 radical (unpaired) electrons. The SMILES string of the molecule is CCCCCCCCCN(C)CCCC(C#N)(c1cc(OC)c(OC)c(OC)c1)C(C)C.Cl. The fourth-order valence-corrected chi connectivity index (χ4v) is 4.43. The van der Waals surface area contributed by atoms with E-state index in [1.54, 1.807) is 21.3 Å². The molecule has 1 atom stereocenters. The summed E-state index contributed by atoms with van der Waals surface area (Å²) in [7, 11) is 7.02. The Labute approximate surface area is 209 Å². The first kappa shape index (κ1) is 31.4. The number of nitrogens with zero attached hydrogens (tertiary/aromatic N) is 2. The van der Waals surface area contributed by atoms with E-state index in [-0.39, 0.29) is 18.3 Å². The molecule has 0 aliphatic carbocycles.